The molecule has 1 atom stereocenters. The number of nitriles is 1. The van der Waals surface area contributed by atoms with Gasteiger partial charge in [0.15, 0.2) is 0 Å². The normalized spacial score (nSPS) is 18.2. The van der Waals surface area contributed by atoms with E-state index >= 15 is 0 Å². The third-order valence-corrected chi connectivity index (χ3v) is 5.04. The predicted octanol–water partition coefficient (Wildman–Crippen LogP) is 2.00. The minimum atomic E-state index is -0.319. The van der Waals surface area contributed by atoms with E-state index in [1.807, 2.05) is 19.1 Å². The maximum atomic E-state index is 12.4. The second-order valence-electron chi connectivity index (χ2n) is 6.80. The topological polar surface area (TPSA) is 95.0 Å². The van der Waals surface area contributed by atoms with Crippen LogP contribution in [0.3, 0.4) is 0 Å². The van der Waals surface area contributed by atoms with Gasteiger partial charge in [0.05, 0.1) is 17.7 Å². The van der Waals surface area contributed by atoms with E-state index in [0.29, 0.717) is 24.4 Å². The van der Waals surface area contributed by atoms with E-state index < -0.39 is 0 Å². The number of fused-ring (bicyclic) bond motifs is 3. The molecule has 0 bridgehead atoms. The van der Waals surface area contributed by atoms with Gasteiger partial charge in [0.25, 0.3) is 0 Å². The van der Waals surface area contributed by atoms with Gasteiger partial charge in [-0.15, -0.1) is 0 Å². The monoisotopic (exact) mass is 349 g/mol. The van der Waals surface area contributed by atoms with E-state index in [1.165, 1.54) is 0 Å². The molecule has 7 heteroatoms. The first-order valence-electron chi connectivity index (χ1n) is 8.62. The van der Waals surface area contributed by atoms with E-state index in [-0.39, 0.29) is 18.3 Å². The molecule has 0 aliphatic carbocycles. The third kappa shape index (κ3) is 2.84. The molecule has 2 aromatic rings. The van der Waals surface area contributed by atoms with E-state index in [4.69, 9.17) is 15.4 Å². The molecule has 2 aliphatic rings. The molecule has 1 saturated heterocycles. The molecular weight excluding hydrogens is 330 g/mol. The third-order valence-electron chi connectivity index (χ3n) is 5.04. The summed E-state index contributed by atoms with van der Waals surface area (Å²) in [5, 5.41) is 17.0. The number of aromatic nitrogens is 2. The van der Waals surface area contributed by atoms with Crippen molar-refractivity contribution in [2.24, 2.45) is 0 Å². The quantitative estimate of drug-likeness (QED) is 0.914. The van der Waals surface area contributed by atoms with Crippen LogP contribution in [0.5, 0.6) is 5.88 Å². The van der Waals surface area contributed by atoms with Gasteiger partial charge in [-0.2, -0.15) is 10.2 Å². The minimum Gasteiger partial charge on any atom is -0.473 e. The molecule has 0 amide bonds. The smallest absolute Gasteiger partial charge is 0.352 e. The molecule has 7 nitrogen and oxygen atoms in total. The summed E-state index contributed by atoms with van der Waals surface area (Å²) in [6, 6.07) is 9.71. The van der Waals surface area contributed by atoms with Gasteiger partial charge in [0, 0.05) is 37.7 Å². The van der Waals surface area contributed by atoms with Crippen molar-refractivity contribution in [2.75, 3.05) is 11.4 Å². The van der Waals surface area contributed by atoms with Gasteiger partial charge in [0.1, 0.15) is 12.4 Å². The van der Waals surface area contributed by atoms with Gasteiger partial charge >= 0.3 is 5.69 Å². The van der Waals surface area contributed by atoms with E-state index in [1.54, 1.807) is 16.7 Å². The first kappa shape index (κ1) is 16.3. The van der Waals surface area contributed by atoms with Crippen LogP contribution in [0.15, 0.2) is 29.1 Å². The molecule has 2 aliphatic heterocycles. The van der Waals surface area contributed by atoms with Crippen LogP contribution in [0.4, 0.5) is 5.82 Å². The SMILES string of the molecule is Cc1ccc(COc2cc3n(c(=O)n2)CC2CC(=N)CCN32)cc1C#N. The zero-order valence-electron chi connectivity index (χ0n) is 14.5. The van der Waals surface area contributed by atoms with Crippen molar-refractivity contribution in [2.45, 2.75) is 39.0 Å². The second-order valence-corrected chi connectivity index (χ2v) is 6.80. The Balaban J connectivity index is 1.56. The highest BCUT2D eigenvalue weighted by molar-refractivity contribution is 5.84. The maximum Gasteiger partial charge on any atom is 0.352 e. The lowest BCUT2D eigenvalue weighted by molar-refractivity contribution is 0.291. The standard InChI is InChI=1S/C19H19N5O2/c1-12-2-3-13(6-14(12)9-20)11-26-17-8-18-23-5-4-15(21)7-16(23)10-24(18)19(25)22-17/h2-3,6,8,16,21H,4-5,7,10-11H2,1H3. The largest absolute Gasteiger partial charge is 0.473 e. The van der Waals surface area contributed by atoms with Gasteiger partial charge < -0.3 is 15.0 Å². The zero-order valence-corrected chi connectivity index (χ0v) is 14.5. The number of rotatable bonds is 3. The number of nitrogens with one attached hydrogen (secondary N) is 1. The van der Waals surface area contributed by atoms with Crippen molar-refractivity contribution < 1.29 is 4.74 Å². The summed E-state index contributed by atoms with van der Waals surface area (Å²) in [6.07, 6.45) is 1.42. The molecule has 0 spiro atoms. The number of ether oxygens (including phenoxy) is 1. The van der Waals surface area contributed by atoms with Crippen LogP contribution < -0.4 is 15.3 Å². The Kier molecular flexibility index (Phi) is 3.96. The Hall–Kier alpha value is -3.14. The molecule has 1 N–H and O–H groups in total. The average molecular weight is 349 g/mol. The minimum absolute atomic E-state index is 0.163. The molecule has 132 valence electrons. The number of aryl methyl sites for hydroxylation is 1. The van der Waals surface area contributed by atoms with Gasteiger partial charge in [-0.05, 0) is 24.1 Å². The van der Waals surface area contributed by atoms with Crippen molar-refractivity contribution in [3.8, 4) is 11.9 Å². The zero-order chi connectivity index (χ0) is 18.3. The van der Waals surface area contributed by atoms with Crippen molar-refractivity contribution in [1.29, 1.82) is 10.7 Å². The molecular formula is C19H19N5O2. The van der Waals surface area contributed by atoms with E-state index in [0.717, 1.165) is 35.6 Å². The number of piperidine rings is 1. The molecule has 4 rings (SSSR count). The van der Waals surface area contributed by atoms with Gasteiger partial charge in [-0.25, -0.2) is 4.79 Å². The predicted molar refractivity (Wildman–Crippen MR) is 96.8 cm³/mol. The fraction of sp³-hybridized carbons (Fsp3) is 0.368. The first-order chi connectivity index (χ1) is 12.5. The number of hydrogen-bond acceptors (Lipinski definition) is 6. The Labute approximate surface area is 151 Å². The first-order valence-corrected chi connectivity index (χ1v) is 8.62. The lowest BCUT2D eigenvalue weighted by Crippen LogP contribution is -2.40. The van der Waals surface area contributed by atoms with E-state index in [2.05, 4.69) is 16.0 Å². The van der Waals surface area contributed by atoms with Crippen molar-refractivity contribution in [1.82, 2.24) is 9.55 Å². The van der Waals surface area contributed by atoms with Crippen molar-refractivity contribution >= 4 is 11.5 Å². The molecule has 1 aromatic heterocycles. The van der Waals surface area contributed by atoms with E-state index in [9.17, 15) is 4.79 Å². The highest BCUT2D eigenvalue weighted by atomic mass is 16.5. The molecule has 3 heterocycles. The summed E-state index contributed by atoms with van der Waals surface area (Å²) in [6.45, 7) is 3.46. The summed E-state index contributed by atoms with van der Waals surface area (Å²) in [7, 11) is 0. The Morgan fingerprint density at radius 3 is 3.08 bits per heavy atom. The highest BCUT2D eigenvalue weighted by Crippen LogP contribution is 2.31. The Morgan fingerprint density at radius 2 is 2.27 bits per heavy atom. The van der Waals surface area contributed by atoms with Crippen LogP contribution in [-0.4, -0.2) is 27.8 Å². The number of benzene rings is 1. The van der Waals surface area contributed by atoms with Gasteiger partial charge in [-0.3, -0.25) is 4.57 Å². The number of hydrogen-bond donors (Lipinski definition) is 1. The van der Waals surface area contributed by atoms with Crippen LogP contribution in [-0.2, 0) is 13.2 Å². The second kappa shape index (κ2) is 6.30. The van der Waals surface area contributed by atoms with Gasteiger partial charge in [0.2, 0.25) is 5.88 Å². The molecule has 0 radical (unpaired) electrons. The Bertz CT molecular complexity index is 988. The summed E-state index contributed by atoms with van der Waals surface area (Å²) in [5.74, 6) is 1.11. The van der Waals surface area contributed by atoms with Crippen LogP contribution in [0.1, 0.15) is 29.5 Å². The highest BCUT2D eigenvalue weighted by Gasteiger charge is 2.34. The van der Waals surface area contributed by atoms with Gasteiger partial charge in [-0.1, -0.05) is 12.1 Å². The van der Waals surface area contributed by atoms with Crippen molar-refractivity contribution in [3.63, 3.8) is 0 Å². The molecule has 1 aromatic carbocycles. The van der Waals surface area contributed by atoms with Crippen LogP contribution in [0.25, 0.3) is 0 Å². The fourth-order valence-electron chi connectivity index (χ4n) is 3.60. The lowest BCUT2D eigenvalue weighted by Gasteiger charge is -2.30. The maximum absolute atomic E-state index is 12.4. The molecule has 26 heavy (non-hydrogen) atoms. The number of anilines is 1. The molecule has 0 saturated carbocycles. The van der Waals surface area contributed by atoms with Crippen molar-refractivity contribution in [3.05, 3.63) is 51.4 Å². The molecule has 1 fully saturated rings. The fourth-order valence-corrected chi connectivity index (χ4v) is 3.60. The summed E-state index contributed by atoms with van der Waals surface area (Å²) in [5.41, 5.74) is 2.82. The van der Waals surface area contributed by atoms with Crippen LogP contribution >= 0.6 is 0 Å². The number of nitrogens with zero attached hydrogens (tertiary/aromatic N) is 4. The summed E-state index contributed by atoms with van der Waals surface area (Å²) >= 11 is 0. The van der Waals surface area contributed by atoms with Crippen LogP contribution in [0.2, 0.25) is 0 Å². The summed E-state index contributed by atoms with van der Waals surface area (Å²) < 4.78 is 7.40. The summed E-state index contributed by atoms with van der Waals surface area (Å²) in [4.78, 5) is 18.6. The van der Waals surface area contributed by atoms with Crippen LogP contribution in [0, 0.1) is 23.7 Å². The molecule has 1 unspecified atom stereocenters. The Morgan fingerprint density at radius 1 is 1.42 bits per heavy atom. The average Bonchev–Trinajstić information content (AvgIpc) is 2.99. The lowest BCUT2D eigenvalue weighted by atomic mass is 10.0.